The third-order valence-electron chi connectivity index (χ3n) is 2.90. The highest BCUT2D eigenvalue weighted by Crippen LogP contribution is 2.34. The molecule has 8 heteroatoms. The Morgan fingerprint density at radius 1 is 1.19 bits per heavy atom. The van der Waals surface area contributed by atoms with Gasteiger partial charge in [0.15, 0.2) is 0 Å². The van der Waals surface area contributed by atoms with Crippen molar-refractivity contribution >= 4 is 10.0 Å². The van der Waals surface area contributed by atoms with E-state index in [1.807, 2.05) is 0 Å². The lowest BCUT2D eigenvalue weighted by atomic mass is 10.0. The van der Waals surface area contributed by atoms with Crippen molar-refractivity contribution < 1.29 is 21.6 Å². The highest BCUT2D eigenvalue weighted by molar-refractivity contribution is 7.89. The van der Waals surface area contributed by atoms with Crippen molar-refractivity contribution in [1.29, 1.82) is 0 Å². The summed E-state index contributed by atoms with van der Waals surface area (Å²) in [6, 6.07) is 5.16. The molecule has 0 aliphatic rings. The second-order valence-corrected chi connectivity index (χ2v) is 5.98. The Hall–Kier alpha value is -1.93. The minimum atomic E-state index is -4.56. The molecule has 0 radical (unpaired) electrons. The monoisotopic (exact) mass is 316 g/mol. The summed E-state index contributed by atoms with van der Waals surface area (Å²) in [7, 11) is -4.06. The summed E-state index contributed by atoms with van der Waals surface area (Å²) < 4.78 is 61.4. The Balaban J connectivity index is 2.74. The summed E-state index contributed by atoms with van der Waals surface area (Å²) in [5.41, 5.74) is -0.295. The zero-order valence-corrected chi connectivity index (χ0v) is 11.7. The molecular weight excluding hydrogens is 305 g/mol. The normalized spacial score (nSPS) is 12.4. The predicted molar refractivity (Wildman–Crippen MR) is 70.8 cm³/mol. The van der Waals surface area contributed by atoms with Crippen LogP contribution in [0.25, 0.3) is 11.1 Å². The Bertz CT molecular complexity index is 786. The highest BCUT2D eigenvalue weighted by atomic mass is 32.2. The Kier molecular flexibility index (Phi) is 3.77. The van der Waals surface area contributed by atoms with Crippen molar-refractivity contribution in [3.63, 3.8) is 0 Å². The van der Waals surface area contributed by atoms with E-state index in [2.05, 4.69) is 4.98 Å². The Morgan fingerprint density at radius 3 is 2.43 bits per heavy atom. The van der Waals surface area contributed by atoms with Crippen molar-refractivity contribution in [2.45, 2.75) is 18.0 Å². The number of sulfonamides is 1. The third kappa shape index (κ3) is 3.22. The van der Waals surface area contributed by atoms with Crippen LogP contribution in [-0.2, 0) is 16.2 Å². The standard InChI is InChI=1S/C13H11F3N2O2S/c1-8-3-2-4-11(21(17,19)20)12(8)9-5-10(7-18-6-9)13(14,15)16/h2-7H,1H3,(H2,17,19,20). The van der Waals surface area contributed by atoms with Gasteiger partial charge in [0.25, 0.3) is 0 Å². The molecule has 0 amide bonds. The first-order valence-electron chi connectivity index (χ1n) is 5.76. The lowest BCUT2D eigenvalue weighted by molar-refractivity contribution is -0.137. The molecule has 0 unspecified atom stereocenters. The van der Waals surface area contributed by atoms with Crippen LogP contribution in [0.3, 0.4) is 0 Å². The molecule has 112 valence electrons. The lowest BCUT2D eigenvalue weighted by Gasteiger charge is -2.13. The molecule has 1 aromatic heterocycles. The number of aryl methyl sites for hydroxylation is 1. The number of halogens is 3. The second kappa shape index (κ2) is 5.12. The fourth-order valence-corrected chi connectivity index (χ4v) is 2.81. The zero-order valence-electron chi connectivity index (χ0n) is 10.8. The van der Waals surface area contributed by atoms with Gasteiger partial charge in [-0.25, -0.2) is 13.6 Å². The molecule has 0 bridgehead atoms. The fraction of sp³-hybridized carbons (Fsp3) is 0.154. The van der Waals surface area contributed by atoms with E-state index in [1.165, 1.54) is 18.3 Å². The number of primary sulfonamides is 1. The van der Waals surface area contributed by atoms with Crippen molar-refractivity contribution in [2.75, 3.05) is 0 Å². The molecule has 1 aromatic carbocycles. The minimum Gasteiger partial charge on any atom is -0.263 e. The van der Waals surface area contributed by atoms with Gasteiger partial charge in [-0.2, -0.15) is 13.2 Å². The molecule has 0 aliphatic carbocycles. The molecule has 0 spiro atoms. The van der Waals surface area contributed by atoms with Crippen LogP contribution in [0, 0.1) is 6.92 Å². The van der Waals surface area contributed by atoms with Gasteiger partial charge in [0.05, 0.1) is 10.5 Å². The van der Waals surface area contributed by atoms with E-state index in [1.54, 1.807) is 13.0 Å². The summed E-state index contributed by atoms with van der Waals surface area (Å²) in [5, 5.41) is 5.12. The van der Waals surface area contributed by atoms with E-state index in [-0.39, 0.29) is 16.0 Å². The number of benzene rings is 1. The summed E-state index contributed by atoms with van der Waals surface area (Å²) in [6.07, 6.45) is -2.71. The van der Waals surface area contributed by atoms with E-state index in [0.717, 1.165) is 6.07 Å². The topological polar surface area (TPSA) is 73.1 Å². The molecule has 0 saturated heterocycles. The molecule has 21 heavy (non-hydrogen) atoms. The van der Waals surface area contributed by atoms with Crippen LogP contribution < -0.4 is 5.14 Å². The number of pyridine rings is 1. The van der Waals surface area contributed by atoms with Gasteiger partial charge in [0.2, 0.25) is 10.0 Å². The van der Waals surface area contributed by atoms with E-state index in [9.17, 15) is 21.6 Å². The highest BCUT2D eigenvalue weighted by Gasteiger charge is 2.31. The maximum atomic E-state index is 12.7. The van der Waals surface area contributed by atoms with Crippen molar-refractivity contribution in [3.8, 4) is 11.1 Å². The third-order valence-corrected chi connectivity index (χ3v) is 3.85. The predicted octanol–water partition coefficient (Wildman–Crippen LogP) is 2.72. The molecule has 0 fully saturated rings. The van der Waals surface area contributed by atoms with Crippen LogP contribution in [0.1, 0.15) is 11.1 Å². The molecule has 2 N–H and O–H groups in total. The van der Waals surface area contributed by atoms with Gasteiger partial charge >= 0.3 is 6.18 Å². The summed E-state index contributed by atoms with van der Waals surface area (Å²) >= 11 is 0. The number of alkyl halides is 3. The van der Waals surface area contributed by atoms with Crippen molar-refractivity contribution in [3.05, 3.63) is 47.8 Å². The van der Waals surface area contributed by atoms with E-state index in [4.69, 9.17) is 5.14 Å². The number of nitrogens with zero attached hydrogens (tertiary/aromatic N) is 1. The number of hydrogen-bond acceptors (Lipinski definition) is 3. The summed E-state index contributed by atoms with van der Waals surface area (Å²) in [6.45, 7) is 1.59. The van der Waals surface area contributed by atoms with Crippen LogP contribution >= 0.6 is 0 Å². The van der Waals surface area contributed by atoms with Gasteiger partial charge in [-0.3, -0.25) is 4.98 Å². The quantitative estimate of drug-likeness (QED) is 0.926. The van der Waals surface area contributed by atoms with Gasteiger partial charge in [-0.1, -0.05) is 12.1 Å². The van der Waals surface area contributed by atoms with Crippen LogP contribution in [0.15, 0.2) is 41.6 Å². The Morgan fingerprint density at radius 2 is 1.86 bits per heavy atom. The first-order valence-corrected chi connectivity index (χ1v) is 7.30. The molecule has 2 aromatic rings. The number of hydrogen-bond donors (Lipinski definition) is 1. The van der Waals surface area contributed by atoms with Crippen LogP contribution in [-0.4, -0.2) is 13.4 Å². The largest absolute Gasteiger partial charge is 0.417 e. The molecule has 0 atom stereocenters. The molecule has 2 rings (SSSR count). The van der Waals surface area contributed by atoms with Gasteiger partial charge in [-0.15, -0.1) is 0 Å². The van der Waals surface area contributed by atoms with Crippen LogP contribution in [0.2, 0.25) is 0 Å². The van der Waals surface area contributed by atoms with E-state index < -0.39 is 21.8 Å². The first kappa shape index (κ1) is 15.5. The van der Waals surface area contributed by atoms with Crippen molar-refractivity contribution in [1.82, 2.24) is 4.98 Å². The molecule has 0 aliphatic heterocycles. The average molecular weight is 316 g/mol. The first-order chi connectivity index (χ1) is 9.60. The maximum absolute atomic E-state index is 12.7. The van der Waals surface area contributed by atoms with E-state index in [0.29, 0.717) is 11.8 Å². The number of nitrogens with two attached hydrogens (primary N) is 1. The Labute approximate surface area is 119 Å². The summed E-state index contributed by atoms with van der Waals surface area (Å²) in [4.78, 5) is 3.30. The maximum Gasteiger partial charge on any atom is 0.417 e. The summed E-state index contributed by atoms with van der Waals surface area (Å²) in [5.74, 6) is 0. The van der Waals surface area contributed by atoms with Crippen LogP contribution in [0.5, 0.6) is 0 Å². The smallest absolute Gasteiger partial charge is 0.263 e. The van der Waals surface area contributed by atoms with Gasteiger partial charge in [0.1, 0.15) is 0 Å². The van der Waals surface area contributed by atoms with Crippen LogP contribution in [0.4, 0.5) is 13.2 Å². The lowest BCUT2D eigenvalue weighted by Crippen LogP contribution is -2.14. The molecule has 1 heterocycles. The van der Waals surface area contributed by atoms with Gasteiger partial charge in [-0.05, 0) is 24.6 Å². The molecule has 4 nitrogen and oxygen atoms in total. The second-order valence-electron chi connectivity index (χ2n) is 4.45. The fourth-order valence-electron chi connectivity index (χ4n) is 1.98. The van der Waals surface area contributed by atoms with E-state index >= 15 is 0 Å². The zero-order chi connectivity index (χ0) is 15.8. The molecule has 0 saturated carbocycles. The number of aromatic nitrogens is 1. The minimum absolute atomic E-state index is 0.0481. The number of rotatable bonds is 2. The average Bonchev–Trinajstić information content (AvgIpc) is 2.36. The molecular formula is C13H11F3N2O2S. The van der Waals surface area contributed by atoms with Gasteiger partial charge in [0, 0.05) is 23.5 Å². The SMILES string of the molecule is Cc1cccc(S(N)(=O)=O)c1-c1cncc(C(F)(F)F)c1. The van der Waals surface area contributed by atoms with Gasteiger partial charge < -0.3 is 0 Å². The van der Waals surface area contributed by atoms with Crippen molar-refractivity contribution in [2.24, 2.45) is 5.14 Å².